The van der Waals surface area contributed by atoms with Crippen LogP contribution in [0.4, 0.5) is 11.4 Å². The van der Waals surface area contributed by atoms with Crippen molar-refractivity contribution >= 4 is 17.3 Å². The molecule has 0 heterocycles. The van der Waals surface area contributed by atoms with Crippen molar-refractivity contribution in [2.24, 2.45) is 0 Å². The Balaban J connectivity index is 1.98. The van der Waals surface area contributed by atoms with Gasteiger partial charge in [-0.25, -0.2) is 0 Å². The van der Waals surface area contributed by atoms with E-state index in [9.17, 15) is 14.9 Å². The predicted molar refractivity (Wildman–Crippen MR) is 92.5 cm³/mol. The molecule has 0 aliphatic carbocycles. The third-order valence-electron chi connectivity index (χ3n) is 3.53. The molecule has 2 rings (SSSR count). The molecule has 24 heavy (non-hydrogen) atoms. The van der Waals surface area contributed by atoms with Gasteiger partial charge in [-0.05, 0) is 42.2 Å². The van der Waals surface area contributed by atoms with E-state index in [2.05, 4.69) is 19.2 Å². The molecule has 0 spiro atoms. The summed E-state index contributed by atoms with van der Waals surface area (Å²) in [5, 5.41) is 13.7. The van der Waals surface area contributed by atoms with Crippen LogP contribution in [0.2, 0.25) is 0 Å². The van der Waals surface area contributed by atoms with Crippen LogP contribution in [0.5, 0.6) is 5.75 Å². The van der Waals surface area contributed by atoms with Crippen LogP contribution >= 0.6 is 0 Å². The first-order valence-corrected chi connectivity index (χ1v) is 7.64. The normalized spacial score (nSPS) is 10.5. The van der Waals surface area contributed by atoms with Gasteiger partial charge in [0.25, 0.3) is 5.91 Å². The van der Waals surface area contributed by atoms with Crippen molar-refractivity contribution in [1.29, 1.82) is 0 Å². The van der Waals surface area contributed by atoms with Crippen LogP contribution in [0.25, 0.3) is 0 Å². The SMILES string of the molecule is Cc1ccc([N+](=O)[O-])c(OCC(=O)Nc2ccc(C(C)C)cc2)c1. The highest BCUT2D eigenvalue weighted by molar-refractivity contribution is 5.91. The maximum absolute atomic E-state index is 12.0. The van der Waals surface area contributed by atoms with E-state index in [1.54, 1.807) is 19.1 Å². The van der Waals surface area contributed by atoms with Gasteiger partial charge >= 0.3 is 5.69 Å². The summed E-state index contributed by atoms with van der Waals surface area (Å²) in [6.07, 6.45) is 0. The smallest absolute Gasteiger partial charge is 0.310 e. The number of carbonyl (C=O) groups is 1. The van der Waals surface area contributed by atoms with Gasteiger partial charge in [-0.15, -0.1) is 0 Å². The largest absolute Gasteiger partial charge is 0.477 e. The number of hydrogen-bond acceptors (Lipinski definition) is 4. The molecule has 0 aliphatic heterocycles. The second-order valence-electron chi connectivity index (χ2n) is 5.84. The Morgan fingerprint density at radius 1 is 1.21 bits per heavy atom. The Kier molecular flexibility index (Phi) is 5.52. The number of carbonyl (C=O) groups excluding carboxylic acids is 1. The number of nitrogens with one attached hydrogen (secondary N) is 1. The van der Waals surface area contributed by atoms with Gasteiger partial charge in [0.1, 0.15) is 0 Å². The van der Waals surface area contributed by atoms with Gasteiger partial charge in [-0.1, -0.05) is 32.0 Å². The first-order valence-electron chi connectivity index (χ1n) is 7.64. The first-order chi connectivity index (χ1) is 11.4. The summed E-state index contributed by atoms with van der Waals surface area (Å²) >= 11 is 0. The van der Waals surface area contributed by atoms with E-state index in [1.807, 2.05) is 24.3 Å². The summed E-state index contributed by atoms with van der Waals surface area (Å²) in [6.45, 7) is 5.69. The van der Waals surface area contributed by atoms with Crippen LogP contribution in [0.15, 0.2) is 42.5 Å². The van der Waals surface area contributed by atoms with Crippen LogP contribution in [0.1, 0.15) is 30.9 Å². The van der Waals surface area contributed by atoms with Crippen molar-refractivity contribution in [2.45, 2.75) is 26.7 Å². The molecule has 6 nitrogen and oxygen atoms in total. The zero-order chi connectivity index (χ0) is 17.7. The highest BCUT2D eigenvalue weighted by Gasteiger charge is 2.16. The molecule has 0 bridgehead atoms. The van der Waals surface area contributed by atoms with Crippen molar-refractivity contribution in [3.63, 3.8) is 0 Å². The number of nitrogens with zero attached hydrogens (tertiary/aromatic N) is 1. The second kappa shape index (κ2) is 7.59. The standard InChI is InChI=1S/C18H20N2O4/c1-12(2)14-5-7-15(8-6-14)19-18(21)11-24-17-10-13(3)4-9-16(17)20(22)23/h4-10,12H,11H2,1-3H3,(H,19,21). The fraction of sp³-hybridized carbons (Fsp3) is 0.278. The maximum Gasteiger partial charge on any atom is 0.310 e. The highest BCUT2D eigenvalue weighted by atomic mass is 16.6. The van der Waals surface area contributed by atoms with Crippen molar-refractivity contribution in [1.82, 2.24) is 0 Å². The van der Waals surface area contributed by atoms with Crippen LogP contribution in [-0.4, -0.2) is 17.4 Å². The van der Waals surface area contributed by atoms with Crippen molar-refractivity contribution in [2.75, 3.05) is 11.9 Å². The summed E-state index contributed by atoms with van der Waals surface area (Å²) in [6, 6.07) is 12.1. The van der Waals surface area contributed by atoms with Crippen LogP contribution in [0.3, 0.4) is 0 Å². The zero-order valence-electron chi connectivity index (χ0n) is 13.9. The van der Waals surface area contributed by atoms with Gasteiger partial charge in [0.05, 0.1) is 4.92 Å². The van der Waals surface area contributed by atoms with Gasteiger partial charge in [0, 0.05) is 11.8 Å². The molecule has 0 aromatic heterocycles. The van der Waals surface area contributed by atoms with E-state index in [1.165, 1.54) is 11.6 Å². The van der Waals surface area contributed by atoms with E-state index >= 15 is 0 Å². The number of hydrogen-bond donors (Lipinski definition) is 1. The minimum absolute atomic E-state index is 0.0882. The van der Waals surface area contributed by atoms with Gasteiger partial charge in [-0.3, -0.25) is 14.9 Å². The Morgan fingerprint density at radius 3 is 2.46 bits per heavy atom. The summed E-state index contributed by atoms with van der Waals surface area (Å²) in [4.78, 5) is 22.4. The number of ether oxygens (including phenoxy) is 1. The van der Waals surface area contributed by atoms with Gasteiger partial charge in [-0.2, -0.15) is 0 Å². The van der Waals surface area contributed by atoms with Crippen LogP contribution in [-0.2, 0) is 4.79 Å². The maximum atomic E-state index is 12.0. The Bertz CT molecular complexity index is 739. The summed E-state index contributed by atoms with van der Waals surface area (Å²) in [7, 11) is 0. The predicted octanol–water partition coefficient (Wildman–Crippen LogP) is 4.04. The Hall–Kier alpha value is -2.89. The number of nitro groups is 1. The number of anilines is 1. The average molecular weight is 328 g/mol. The molecule has 126 valence electrons. The molecule has 1 amide bonds. The molecular formula is C18H20N2O4. The first kappa shape index (κ1) is 17.5. The lowest BCUT2D eigenvalue weighted by atomic mass is 10.0. The molecule has 0 fully saturated rings. The molecule has 0 unspecified atom stereocenters. The van der Waals surface area contributed by atoms with E-state index in [0.29, 0.717) is 11.6 Å². The molecule has 0 radical (unpaired) electrons. The second-order valence-corrected chi connectivity index (χ2v) is 5.84. The topological polar surface area (TPSA) is 81.5 Å². The summed E-state index contributed by atoms with van der Waals surface area (Å²) in [5.74, 6) is 0.133. The molecule has 0 saturated heterocycles. The van der Waals surface area contributed by atoms with Crippen molar-refractivity contribution in [3.8, 4) is 5.75 Å². The molecule has 0 saturated carbocycles. The minimum Gasteiger partial charge on any atom is -0.477 e. The van der Waals surface area contributed by atoms with Crippen LogP contribution < -0.4 is 10.1 Å². The molecule has 2 aromatic rings. The van der Waals surface area contributed by atoms with E-state index in [0.717, 1.165) is 5.56 Å². The number of aryl methyl sites for hydroxylation is 1. The van der Waals surface area contributed by atoms with E-state index in [4.69, 9.17) is 4.74 Å². The highest BCUT2D eigenvalue weighted by Crippen LogP contribution is 2.27. The zero-order valence-corrected chi connectivity index (χ0v) is 13.9. The van der Waals surface area contributed by atoms with E-state index < -0.39 is 4.92 Å². The van der Waals surface area contributed by atoms with Gasteiger partial charge in [0.2, 0.25) is 0 Å². The fourth-order valence-electron chi connectivity index (χ4n) is 2.18. The molecule has 6 heteroatoms. The lowest BCUT2D eigenvalue weighted by Crippen LogP contribution is -2.20. The molecular weight excluding hydrogens is 308 g/mol. The Morgan fingerprint density at radius 2 is 1.88 bits per heavy atom. The Labute approximate surface area is 140 Å². The number of nitro benzene ring substituents is 1. The summed E-state index contributed by atoms with van der Waals surface area (Å²) in [5.41, 5.74) is 2.50. The monoisotopic (exact) mass is 328 g/mol. The number of benzene rings is 2. The quantitative estimate of drug-likeness (QED) is 0.641. The number of amides is 1. The lowest BCUT2D eigenvalue weighted by molar-refractivity contribution is -0.385. The molecule has 0 atom stereocenters. The molecule has 0 aliphatic rings. The van der Waals surface area contributed by atoms with Crippen LogP contribution in [0, 0.1) is 17.0 Å². The minimum atomic E-state index is -0.530. The van der Waals surface area contributed by atoms with E-state index in [-0.39, 0.29) is 24.0 Å². The molecule has 1 N–H and O–H groups in total. The van der Waals surface area contributed by atoms with Gasteiger partial charge < -0.3 is 10.1 Å². The third kappa shape index (κ3) is 4.55. The fourth-order valence-corrected chi connectivity index (χ4v) is 2.18. The molecule has 2 aromatic carbocycles. The lowest BCUT2D eigenvalue weighted by Gasteiger charge is -2.10. The number of rotatable bonds is 6. The average Bonchev–Trinajstić information content (AvgIpc) is 2.53. The van der Waals surface area contributed by atoms with Crippen molar-refractivity contribution in [3.05, 3.63) is 63.7 Å². The van der Waals surface area contributed by atoms with Crippen molar-refractivity contribution < 1.29 is 14.5 Å². The summed E-state index contributed by atoms with van der Waals surface area (Å²) < 4.78 is 5.32. The third-order valence-corrected chi connectivity index (χ3v) is 3.53. The van der Waals surface area contributed by atoms with Gasteiger partial charge in [0.15, 0.2) is 12.4 Å².